The smallest absolute Gasteiger partial charge is 0.120 e. The Kier molecular flexibility index (Phi) is 2.78. The van der Waals surface area contributed by atoms with Gasteiger partial charge in [-0.15, -0.1) is 0 Å². The molecule has 96 valence electrons. The van der Waals surface area contributed by atoms with Crippen LogP contribution in [0.4, 0.5) is 0 Å². The van der Waals surface area contributed by atoms with Gasteiger partial charge in [-0.25, -0.2) is 0 Å². The number of rotatable bonds is 2. The van der Waals surface area contributed by atoms with Crippen molar-refractivity contribution in [2.75, 3.05) is 6.61 Å². The third kappa shape index (κ3) is 1.79. The molecule has 1 aliphatic rings. The Balaban J connectivity index is 2.14. The largest absolute Gasteiger partial charge is 0.494 e. The lowest BCUT2D eigenvalue weighted by molar-refractivity contribution is -0.00436. The molecule has 2 aromatic rings. The lowest BCUT2D eigenvalue weighted by atomic mass is 9.99. The lowest BCUT2D eigenvalue weighted by Gasteiger charge is -2.25. The minimum atomic E-state index is 0.148. The number of hydrogen-bond acceptors (Lipinski definition) is 2. The van der Waals surface area contributed by atoms with E-state index in [1.807, 2.05) is 13.0 Å². The average Bonchev–Trinajstić information content (AvgIpc) is 2.66. The van der Waals surface area contributed by atoms with Crippen LogP contribution in [0.1, 0.15) is 38.1 Å². The van der Waals surface area contributed by atoms with Crippen LogP contribution in [-0.4, -0.2) is 17.7 Å². The molecule has 0 amide bonds. The Hall–Kier alpha value is -1.48. The van der Waals surface area contributed by atoms with E-state index in [9.17, 15) is 0 Å². The summed E-state index contributed by atoms with van der Waals surface area (Å²) in [7, 11) is 0. The van der Waals surface area contributed by atoms with Crippen LogP contribution in [0, 0.1) is 0 Å². The topological polar surface area (TPSA) is 34.2 Å². The van der Waals surface area contributed by atoms with Crippen LogP contribution in [0.15, 0.2) is 18.2 Å². The van der Waals surface area contributed by atoms with E-state index in [-0.39, 0.29) is 12.2 Å². The Morgan fingerprint density at radius 1 is 1.39 bits per heavy atom. The highest BCUT2D eigenvalue weighted by atomic mass is 16.5. The highest BCUT2D eigenvalue weighted by Crippen LogP contribution is 2.37. The summed E-state index contributed by atoms with van der Waals surface area (Å²) in [6.45, 7) is 6.94. The molecule has 0 radical (unpaired) electrons. The Labute approximate surface area is 107 Å². The first kappa shape index (κ1) is 11.6. The Morgan fingerprint density at radius 2 is 2.22 bits per heavy atom. The molecule has 2 atom stereocenters. The van der Waals surface area contributed by atoms with Gasteiger partial charge in [-0.2, -0.15) is 0 Å². The van der Waals surface area contributed by atoms with Crippen molar-refractivity contribution in [3.8, 4) is 5.75 Å². The predicted octanol–water partition coefficient (Wildman–Crippen LogP) is 3.59. The Morgan fingerprint density at radius 3 is 3.00 bits per heavy atom. The number of fused-ring (bicyclic) bond motifs is 3. The first-order valence-electron chi connectivity index (χ1n) is 6.61. The number of aromatic amines is 1. The van der Waals surface area contributed by atoms with Crippen molar-refractivity contribution >= 4 is 10.9 Å². The molecule has 0 bridgehead atoms. The molecule has 1 aromatic heterocycles. The Bertz CT molecular complexity index is 573. The highest BCUT2D eigenvalue weighted by molar-refractivity contribution is 5.86. The van der Waals surface area contributed by atoms with Gasteiger partial charge in [0.1, 0.15) is 5.75 Å². The zero-order chi connectivity index (χ0) is 12.7. The minimum Gasteiger partial charge on any atom is -0.494 e. The second-order valence-corrected chi connectivity index (χ2v) is 4.95. The monoisotopic (exact) mass is 245 g/mol. The first-order chi connectivity index (χ1) is 8.69. The van der Waals surface area contributed by atoms with Crippen molar-refractivity contribution in [2.45, 2.75) is 39.4 Å². The van der Waals surface area contributed by atoms with Crippen molar-refractivity contribution in [3.05, 3.63) is 29.5 Å². The second kappa shape index (κ2) is 4.32. The molecule has 3 rings (SSSR count). The van der Waals surface area contributed by atoms with E-state index in [1.165, 1.54) is 22.2 Å². The summed E-state index contributed by atoms with van der Waals surface area (Å²) in [4.78, 5) is 3.51. The van der Waals surface area contributed by atoms with E-state index < -0.39 is 0 Å². The molecule has 0 spiro atoms. The molecular formula is C15H19NO2. The van der Waals surface area contributed by atoms with E-state index >= 15 is 0 Å². The molecule has 3 nitrogen and oxygen atoms in total. The van der Waals surface area contributed by atoms with Crippen molar-refractivity contribution in [2.24, 2.45) is 0 Å². The first-order valence-corrected chi connectivity index (χ1v) is 6.61. The molecule has 0 aliphatic carbocycles. The summed E-state index contributed by atoms with van der Waals surface area (Å²) in [5, 5.41) is 1.23. The summed E-state index contributed by atoms with van der Waals surface area (Å²) in [6, 6.07) is 6.22. The molecule has 1 aliphatic heterocycles. The fourth-order valence-corrected chi connectivity index (χ4v) is 2.88. The second-order valence-electron chi connectivity index (χ2n) is 4.95. The maximum atomic E-state index is 5.92. The van der Waals surface area contributed by atoms with Crippen LogP contribution < -0.4 is 4.74 Å². The molecule has 0 saturated carbocycles. The van der Waals surface area contributed by atoms with E-state index in [1.54, 1.807) is 0 Å². The molecule has 2 unspecified atom stereocenters. The van der Waals surface area contributed by atoms with Crippen LogP contribution in [-0.2, 0) is 11.2 Å². The van der Waals surface area contributed by atoms with Crippen LogP contribution in [0.25, 0.3) is 10.9 Å². The van der Waals surface area contributed by atoms with E-state index in [0.717, 1.165) is 12.2 Å². The maximum Gasteiger partial charge on any atom is 0.120 e. The van der Waals surface area contributed by atoms with Crippen LogP contribution >= 0.6 is 0 Å². The molecule has 2 heterocycles. The van der Waals surface area contributed by atoms with Crippen molar-refractivity contribution in [1.82, 2.24) is 4.98 Å². The van der Waals surface area contributed by atoms with Crippen LogP contribution in [0.3, 0.4) is 0 Å². The summed E-state index contributed by atoms with van der Waals surface area (Å²) < 4.78 is 11.5. The lowest BCUT2D eigenvalue weighted by Crippen LogP contribution is -2.21. The van der Waals surface area contributed by atoms with Crippen LogP contribution in [0.2, 0.25) is 0 Å². The van der Waals surface area contributed by atoms with Gasteiger partial charge in [-0.1, -0.05) is 0 Å². The normalized spacial score (nSPS) is 23.1. The van der Waals surface area contributed by atoms with Gasteiger partial charge in [-0.05, 0) is 39.0 Å². The number of benzene rings is 1. The summed E-state index contributed by atoms with van der Waals surface area (Å²) in [5.41, 5.74) is 3.78. The minimum absolute atomic E-state index is 0.148. The van der Waals surface area contributed by atoms with Gasteiger partial charge in [0, 0.05) is 28.6 Å². The van der Waals surface area contributed by atoms with Crippen LogP contribution in [0.5, 0.6) is 5.75 Å². The summed E-state index contributed by atoms with van der Waals surface area (Å²) in [6.07, 6.45) is 1.39. The molecular weight excluding hydrogens is 226 g/mol. The van der Waals surface area contributed by atoms with Gasteiger partial charge >= 0.3 is 0 Å². The van der Waals surface area contributed by atoms with Gasteiger partial charge in [0.2, 0.25) is 0 Å². The van der Waals surface area contributed by atoms with Gasteiger partial charge in [0.15, 0.2) is 0 Å². The average molecular weight is 245 g/mol. The van der Waals surface area contributed by atoms with Gasteiger partial charge in [-0.3, -0.25) is 0 Å². The van der Waals surface area contributed by atoms with E-state index in [0.29, 0.717) is 6.61 Å². The van der Waals surface area contributed by atoms with Gasteiger partial charge in [0.05, 0.1) is 18.8 Å². The summed E-state index contributed by atoms with van der Waals surface area (Å²) in [5.74, 6) is 0.928. The quantitative estimate of drug-likeness (QED) is 0.877. The fourth-order valence-electron chi connectivity index (χ4n) is 2.88. The number of aromatic nitrogens is 1. The van der Waals surface area contributed by atoms with Crippen molar-refractivity contribution < 1.29 is 9.47 Å². The van der Waals surface area contributed by atoms with Crippen molar-refractivity contribution in [1.29, 1.82) is 0 Å². The standard InChI is InChI=1S/C15H19NO2/c1-4-17-11-5-6-13-12(8-11)15-10(3)18-9(2)7-14(15)16-13/h5-6,8-10,16H,4,7H2,1-3H3. The number of H-pyrrole nitrogens is 1. The molecule has 0 fully saturated rings. The van der Waals surface area contributed by atoms with Gasteiger partial charge < -0.3 is 14.5 Å². The molecule has 3 heteroatoms. The molecule has 1 N–H and O–H groups in total. The summed E-state index contributed by atoms with van der Waals surface area (Å²) >= 11 is 0. The van der Waals surface area contributed by atoms with E-state index in [2.05, 4.69) is 31.0 Å². The predicted molar refractivity (Wildman–Crippen MR) is 72.1 cm³/mol. The number of nitrogens with one attached hydrogen (secondary N) is 1. The SMILES string of the molecule is CCOc1ccc2[nH]c3c(c2c1)C(C)OC(C)C3. The zero-order valence-electron chi connectivity index (χ0n) is 11.1. The van der Waals surface area contributed by atoms with Crippen molar-refractivity contribution in [3.63, 3.8) is 0 Å². The third-order valence-electron chi connectivity index (χ3n) is 3.54. The molecule has 0 saturated heterocycles. The maximum absolute atomic E-state index is 5.92. The molecule has 1 aromatic carbocycles. The molecule has 18 heavy (non-hydrogen) atoms. The number of ether oxygens (including phenoxy) is 2. The highest BCUT2D eigenvalue weighted by Gasteiger charge is 2.26. The number of hydrogen-bond donors (Lipinski definition) is 1. The van der Waals surface area contributed by atoms with E-state index in [4.69, 9.17) is 9.47 Å². The fraction of sp³-hybridized carbons (Fsp3) is 0.467. The zero-order valence-corrected chi connectivity index (χ0v) is 11.1. The van der Waals surface area contributed by atoms with Gasteiger partial charge in [0.25, 0.3) is 0 Å². The third-order valence-corrected chi connectivity index (χ3v) is 3.54.